The van der Waals surface area contributed by atoms with Gasteiger partial charge in [-0.05, 0) is 19.4 Å². The Bertz CT molecular complexity index is 643. The second-order valence-corrected chi connectivity index (χ2v) is 4.97. The molecule has 0 saturated carbocycles. The zero-order valence-corrected chi connectivity index (χ0v) is 11.1. The molecule has 5 nitrogen and oxygen atoms in total. The summed E-state index contributed by atoms with van der Waals surface area (Å²) in [6.07, 6.45) is 7.30. The number of nitrogens with zero attached hydrogens (tertiary/aromatic N) is 3. The SMILES string of the molecule is Cc1nc2n(c(=O)c1CCO)C1=CC=CCC1N2C. The fourth-order valence-corrected chi connectivity index (χ4v) is 2.84. The van der Waals surface area contributed by atoms with Crippen molar-refractivity contribution in [2.24, 2.45) is 0 Å². The van der Waals surface area contributed by atoms with Gasteiger partial charge in [-0.15, -0.1) is 0 Å². The first-order valence-electron chi connectivity index (χ1n) is 6.48. The maximum Gasteiger partial charge on any atom is 0.262 e. The number of rotatable bonds is 2. The van der Waals surface area contributed by atoms with Gasteiger partial charge in [0.15, 0.2) is 0 Å². The standard InChI is InChI=1S/C14H17N3O2/c1-9-10(7-8-18)13(19)17-12-6-4-3-5-11(12)16(2)14(17)15-9/h3-4,6,11,18H,5,7-8H2,1-2H3. The topological polar surface area (TPSA) is 58.4 Å². The molecule has 1 aliphatic carbocycles. The number of aliphatic hydroxyl groups is 1. The van der Waals surface area contributed by atoms with E-state index in [1.807, 2.05) is 31.0 Å². The Kier molecular flexibility index (Phi) is 2.78. The van der Waals surface area contributed by atoms with Gasteiger partial charge in [0.05, 0.1) is 17.4 Å². The number of hydrogen-bond acceptors (Lipinski definition) is 4. The molecular formula is C14H17N3O2. The summed E-state index contributed by atoms with van der Waals surface area (Å²) in [5, 5.41) is 9.09. The van der Waals surface area contributed by atoms with Gasteiger partial charge in [0.2, 0.25) is 5.95 Å². The number of likely N-dealkylation sites (N-methyl/N-ethyl adjacent to an activating group) is 1. The van der Waals surface area contributed by atoms with Gasteiger partial charge in [-0.25, -0.2) is 9.55 Å². The highest BCUT2D eigenvalue weighted by Gasteiger charge is 2.34. The van der Waals surface area contributed by atoms with E-state index in [0.29, 0.717) is 23.6 Å². The molecule has 100 valence electrons. The second kappa shape index (κ2) is 4.35. The van der Waals surface area contributed by atoms with Crippen LogP contribution in [-0.4, -0.2) is 34.4 Å². The highest BCUT2D eigenvalue weighted by molar-refractivity contribution is 5.70. The average Bonchev–Trinajstić information content (AvgIpc) is 2.69. The third-order valence-electron chi connectivity index (χ3n) is 3.87. The van der Waals surface area contributed by atoms with Crippen LogP contribution in [0.2, 0.25) is 0 Å². The Labute approximate surface area is 111 Å². The van der Waals surface area contributed by atoms with Crippen LogP contribution in [0.5, 0.6) is 0 Å². The van der Waals surface area contributed by atoms with Crippen molar-refractivity contribution in [1.29, 1.82) is 0 Å². The number of aryl methyl sites for hydroxylation is 1. The summed E-state index contributed by atoms with van der Waals surface area (Å²) in [6.45, 7) is 1.80. The number of aromatic nitrogens is 2. The van der Waals surface area contributed by atoms with Crippen LogP contribution in [0.1, 0.15) is 17.7 Å². The number of allylic oxidation sites excluding steroid dienone is 2. The van der Waals surface area contributed by atoms with Crippen molar-refractivity contribution in [2.45, 2.75) is 25.8 Å². The molecule has 19 heavy (non-hydrogen) atoms. The zero-order chi connectivity index (χ0) is 13.6. The van der Waals surface area contributed by atoms with Crippen molar-refractivity contribution in [3.8, 4) is 0 Å². The molecule has 1 aromatic rings. The first kappa shape index (κ1) is 12.2. The molecule has 1 aliphatic heterocycles. The zero-order valence-electron chi connectivity index (χ0n) is 11.1. The summed E-state index contributed by atoms with van der Waals surface area (Å²) in [4.78, 5) is 19.2. The number of anilines is 1. The van der Waals surface area contributed by atoms with Crippen molar-refractivity contribution in [1.82, 2.24) is 9.55 Å². The Hall–Kier alpha value is -1.88. The van der Waals surface area contributed by atoms with E-state index in [9.17, 15) is 4.79 Å². The minimum Gasteiger partial charge on any atom is -0.396 e. The smallest absolute Gasteiger partial charge is 0.262 e. The molecule has 0 aromatic carbocycles. The molecule has 3 rings (SSSR count). The van der Waals surface area contributed by atoms with Gasteiger partial charge in [0.25, 0.3) is 5.56 Å². The largest absolute Gasteiger partial charge is 0.396 e. The van der Waals surface area contributed by atoms with E-state index in [1.165, 1.54) is 0 Å². The predicted molar refractivity (Wildman–Crippen MR) is 74.2 cm³/mol. The lowest BCUT2D eigenvalue weighted by atomic mass is 10.1. The van der Waals surface area contributed by atoms with Crippen LogP contribution >= 0.6 is 0 Å². The van der Waals surface area contributed by atoms with Crippen LogP contribution in [-0.2, 0) is 6.42 Å². The van der Waals surface area contributed by atoms with Crippen LogP contribution in [0.4, 0.5) is 5.95 Å². The van der Waals surface area contributed by atoms with Crippen molar-refractivity contribution >= 4 is 11.6 Å². The van der Waals surface area contributed by atoms with Gasteiger partial charge >= 0.3 is 0 Å². The maximum atomic E-state index is 12.6. The molecule has 2 heterocycles. The lowest BCUT2D eigenvalue weighted by Crippen LogP contribution is -2.27. The van der Waals surface area contributed by atoms with Crippen LogP contribution in [0, 0.1) is 6.92 Å². The normalized spacial score (nSPS) is 20.3. The third-order valence-corrected chi connectivity index (χ3v) is 3.87. The summed E-state index contributed by atoms with van der Waals surface area (Å²) < 4.78 is 1.69. The molecular weight excluding hydrogens is 242 g/mol. The molecule has 0 amide bonds. The summed E-state index contributed by atoms with van der Waals surface area (Å²) >= 11 is 0. The Morgan fingerprint density at radius 2 is 2.32 bits per heavy atom. The molecule has 1 aromatic heterocycles. The highest BCUT2D eigenvalue weighted by Crippen LogP contribution is 2.33. The van der Waals surface area contributed by atoms with Crippen molar-refractivity contribution < 1.29 is 5.11 Å². The lowest BCUT2D eigenvalue weighted by molar-refractivity contribution is 0.298. The van der Waals surface area contributed by atoms with Crippen molar-refractivity contribution in [3.63, 3.8) is 0 Å². The molecule has 5 heteroatoms. The van der Waals surface area contributed by atoms with Crippen molar-refractivity contribution in [3.05, 3.63) is 39.8 Å². The summed E-state index contributed by atoms with van der Waals surface area (Å²) in [6, 6.07) is 0.189. The summed E-state index contributed by atoms with van der Waals surface area (Å²) in [7, 11) is 1.97. The summed E-state index contributed by atoms with van der Waals surface area (Å²) in [5.74, 6) is 0.698. The third kappa shape index (κ3) is 1.65. The molecule has 0 radical (unpaired) electrons. The van der Waals surface area contributed by atoms with Gasteiger partial charge in [-0.1, -0.05) is 12.2 Å². The van der Waals surface area contributed by atoms with Crippen molar-refractivity contribution in [2.75, 3.05) is 18.6 Å². The summed E-state index contributed by atoms with van der Waals surface area (Å²) in [5.41, 5.74) is 2.25. The van der Waals surface area contributed by atoms with E-state index in [4.69, 9.17) is 5.11 Å². The minimum absolute atomic E-state index is 0.0324. The van der Waals surface area contributed by atoms with Crippen LogP contribution in [0.25, 0.3) is 5.70 Å². The van der Waals surface area contributed by atoms with Crippen LogP contribution in [0.15, 0.2) is 23.0 Å². The van der Waals surface area contributed by atoms with Gasteiger partial charge < -0.3 is 10.0 Å². The van der Waals surface area contributed by atoms with E-state index in [2.05, 4.69) is 11.1 Å². The molecule has 1 unspecified atom stereocenters. The van der Waals surface area contributed by atoms with Gasteiger partial charge in [-0.3, -0.25) is 4.79 Å². The maximum absolute atomic E-state index is 12.6. The molecule has 0 fully saturated rings. The van der Waals surface area contributed by atoms with E-state index in [1.54, 1.807) is 4.57 Å². The Morgan fingerprint density at radius 1 is 1.53 bits per heavy atom. The van der Waals surface area contributed by atoms with E-state index < -0.39 is 0 Å². The lowest BCUT2D eigenvalue weighted by Gasteiger charge is -2.20. The van der Waals surface area contributed by atoms with Gasteiger partial charge in [0.1, 0.15) is 0 Å². The van der Waals surface area contributed by atoms with E-state index in [-0.39, 0.29) is 18.2 Å². The molecule has 1 N–H and O–H groups in total. The fraction of sp³-hybridized carbons (Fsp3) is 0.429. The highest BCUT2D eigenvalue weighted by atomic mass is 16.3. The first-order chi connectivity index (χ1) is 9.15. The predicted octanol–water partition coefficient (Wildman–Crippen LogP) is 0.706. The van der Waals surface area contributed by atoms with Gasteiger partial charge in [-0.2, -0.15) is 0 Å². The molecule has 1 atom stereocenters. The van der Waals surface area contributed by atoms with Crippen LogP contribution < -0.4 is 10.5 Å². The number of fused-ring (bicyclic) bond motifs is 3. The van der Waals surface area contributed by atoms with Crippen LogP contribution in [0.3, 0.4) is 0 Å². The average molecular weight is 259 g/mol. The minimum atomic E-state index is -0.0487. The van der Waals surface area contributed by atoms with E-state index in [0.717, 1.165) is 12.1 Å². The molecule has 0 bridgehead atoms. The number of hydrogen-bond donors (Lipinski definition) is 1. The molecule has 2 aliphatic rings. The van der Waals surface area contributed by atoms with Gasteiger partial charge in [0, 0.05) is 25.6 Å². The first-order valence-corrected chi connectivity index (χ1v) is 6.48. The Balaban J connectivity index is 2.25. The molecule has 0 spiro atoms. The van der Waals surface area contributed by atoms with E-state index >= 15 is 0 Å². The monoisotopic (exact) mass is 259 g/mol. The second-order valence-electron chi connectivity index (χ2n) is 4.97. The fourth-order valence-electron chi connectivity index (χ4n) is 2.84. The Morgan fingerprint density at radius 3 is 3.05 bits per heavy atom. The molecule has 0 saturated heterocycles. The number of aliphatic hydroxyl groups excluding tert-OH is 1. The quantitative estimate of drug-likeness (QED) is 0.849.